The van der Waals surface area contributed by atoms with Crippen molar-refractivity contribution in [1.29, 1.82) is 5.26 Å². The quantitative estimate of drug-likeness (QED) is 0.245. The van der Waals surface area contributed by atoms with E-state index in [2.05, 4.69) is 5.32 Å². The maximum absolute atomic E-state index is 12.9. The monoisotopic (exact) mass is 520 g/mol. The molecule has 0 atom stereocenters. The van der Waals surface area contributed by atoms with Crippen molar-refractivity contribution in [2.24, 2.45) is 0 Å². The van der Waals surface area contributed by atoms with Gasteiger partial charge in [0.05, 0.1) is 10.6 Å². The van der Waals surface area contributed by atoms with E-state index in [-0.39, 0.29) is 26.9 Å². The van der Waals surface area contributed by atoms with Gasteiger partial charge in [-0.1, -0.05) is 41.4 Å². The van der Waals surface area contributed by atoms with Crippen LogP contribution in [-0.2, 0) is 21.1 Å². The normalized spacial score (nSPS) is 12.1. The summed E-state index contributed by atoms with van der Waals surface area (Å²) >= 11 is 6.14. The maximum atomic E-state index is 12.9. The minimum atomic E-state index is -4.60. The van der Waals surface area contributed by atoms with Crippen LogP contribution < -0.4 is 9.50 Å². The fourth-order valence-electron chi connectivity index (χ4n) is 2.83. The lowest BCUT2D eigenvalue weighted by Crippen LogP contribution is -2.14. The maximum Gasteiger partial charge on any atom is 0.416 e. The lowest BCUT2D eigenvalue weighted by Gasteiger charge is -2.10. The highest BCUT2D eigenvalue weighted by Gasteiger charge is 2.30. The number of nitrogens with zero attached hydrogens (tertiary/aromatic N) is 1. The van der Waals surface area contributed by atoms with Crippen LogP contribution in [0.15, 0.2) is 77.2 Å². The molecule has 35 heavy (non-hydrogen) atoms. The molecule has 0 unspecified atom stereocenters. The van der Waals surface area contributed by atoms with Crippen LogP contribution in [0.3, 0.4) is 0 Å². The summed E-state index contributed by atoms with van der Waals surface area (Å²) in [4.78, 5) is 12.3. The Kier molecular flexibility index (Phi) is 7.53. The van der Waals surface area contributed by atoms with Gasteiger partial charge in [-0.15, -0.1) is 0 Å². The number of halogens is 4. The lowest BCUT2D eigenvalue weighted by atomic mass is 10.1. The van der Waals surface area contributed by atoms with E-state index in [9.17, 15) is 31.6 Å². The summed E-state index contributed by atoms with van der Waals surface area (Å²) in [5.74, 6) is -1.11. The first-order valence-electron chi connectivity index (χ1n) is 9.80. The number of carbonyl (C=O) groups excluding carboxylic acids is 1. The molecule has 1 amide bonds. The summed E-state index contributed by atoms with van der Waals surface area (Å²) < 4.78 is 68.6. The van der Waals surface area contributed by atoms with Crippen molar-refractivity contribution in [3.8, 4) is 11.8 Å². The second-order valence-electron chi connectivity index (χ2n) is 7.24. The van der Waals surface area contributed by atoms with Crippen LogP contribution in [0.4, 0.5) is 18.9 Å². The third kappa shape index (κ3) is 6.62. The average Bonchev–Trinajstić information content (AvgIpc) is 2.79. The Morgan fingerprint density at radius 3 is 2.37 bits per heavy atom. The van der Waals surface area contributed by atoms with Crippen LogP contribution in [0.2, 0.25) is 5.02 Å². The smallest absolute Gasteiger partial charge is 0.377 e. The Labute approximate surface area is 204 Å². The number of nitrogens with one attached hydrogen (secondary N) is 1. The van der Waals surface area contributed by atoms with Gasteiger partial charge in [-0.2, -0.15) is 26.9 Å². The van der Waals surface area contributed by atoms with Gasteiger partial charge in [-0.05, 0) is 61.0 Å². The van der Waals surface area contributed by atoms with Crippen LogP contribution in [0, 0.1) is 18.3 Å². The van der Waals surface area contributed by atoms with Crippen molar-refractivity contribution in [1.82, 2.24) is 0 Å². The molecule has 6 nitrogen and oxygen atoms in total. The minimum absolute atomic E-state index is 0.0684. The average molecular weight is 521 g/mol. The van der Waals surface area contributed by atoms with E-state index in [4.69, 9.17) is 15.8 Å². The summed E-state index contributed by atoms with van der Waals surface area (Å²) in [6.07, 6.45) is -3.45. The Balaban J connectivity index is 1.79. The van der Waals surface area contributed by atoms with E-state index in [1.54, 1.807) is 25.1 Å². The molecule has 180 valence electrons. The van der Waals surface area contributed by atoms with Gasteiger partial charge in [0, 0.05) is 5.69 Å². The Bertz CT molecular complexity index is 1440. The van der Waals surface area contributed by atoms with Crippen LogP contribution in [0.5, 0.6) is 5.75 Å². The zero-order valence-electron chi connectivity index (χ0n) is 17.9. The number of amides is 1. The molecule has 0 aliphatic rings. The molecule has 0 spiro atoms. The molecule has 0 aromatic heterocycles. The number of carbonyl (C=O) groups is 1. The van der Waals surface area contributed by atoms with Gasteiger partial charge in [0.2, 0.25) is 0 Å². The van der Waals surface area contributed by atoms with Gasteiger partial charge in [-0.25, -0.2) is 0 Å². The summed E-state index contributed by atoms with van der Waals surface area (Å²) in [6.45, 7) is 1.80. The third-order valence-electron chi connectivity index (χ3n) is 4.59. The highest BCUT2D eigenvalue weighted by Crippen LogP contribution is 2.31. The summed E-state index contributed by atoms with van der Waals surface area (Å²) in [6, 6.07) is 15.5. The molecule has 0 aliphatic heterocycles. The number of anilines is 1. The zero-order chi connectivity index (χ0) is 25.8. The number of nitriles is 1. The molecule has 11 heteroatoms. The van der Waals surface area contributed by atoms with Gasteiger partial charge in [-0.3, -0.25) is 4.79 Å². The highest BCUT2D eigenvalue weighted by atomic mass is 35.5. The summed E-state index contributed by atoms with van der Waals surface area (Å²) in [5, 5.41) is 11.5. The van der Waals surface area contributed by atoms with E-state index < -0.39 is 33.3 Å². The standard InChI is InChI=1S/C24H16ClF3N2O4S/c1-15-5-8-20(9-6-15)35(32,33)34-22-10-7-16(12-21(22)25)11-17(14-29)23(31)30-19-4-2-3-18(13-19)24(26,27)28/h2-13H,1H3,(H,30,31)/b17-11+. The van der Waals surface area contributed by atoms with Gasteiger partial charge in [0.1, 0.15) is 16.5 Å². The van der Waals surface area contributed by atoms with Crippen LogP contribution in [0.1, 0.15) is 16.7 Å². The van der Waals surface area contributed by atoms with E-state index in [0.29, 0.717) is 0 Å². The molecule has 0 saturated heterocycles. The molecule has 0 bridgehead atoms. The molecule has 0 radical (unpaired) electrons. The summed E-state index contributed by atoms with van der Waals surface area (Å²) in [5.41, 5.74) is -0.399. The van der Waals surface area contributed by atoms with Crippen molar-refractivity contribution >= 4 is 39.4 Å². The Morgan fingerprint density at radius 1 is 1.09 bits per heavy atom. The molecule has 0 saturated carbocycles. The first kappa shape index (κ1) is 25.8. The van der Waals surface area contributed by atoms with E-state index in [0.717, 1.165) is 29.8 Å². The molecule has 0 heterocycles. The SMILES string of the molecule is Cc1ccc(S(=O)(=O)Oc2ccc(/C=C(\C#N)C(=O)Nc3cccc(C(F)(F)F)c3)cc2Cl)cc1. The third-order valence-corrected chi connectivity index (χ3v) is 6.13. The minimum Gasteiger partial charge on any atom is -0.377 e. The van der Waals surface area contributed by atoms with E-state index in [1.165, 1.54) is 36.4 Å². The van der Waals surface area contributed by atoms with Crippen molar-refractivity contribution < 1.29 is 30.6 Å². The molecule has 3 aromatic carbocycles. The first-order chi connectivity index (χ1) is 16.4. The van der Waals surface area contributed by atoms with Crippen LogP contribution in [0.25, 0.3) is 6.08 Å². The highest BCUT2D eigenvalue weighted by molar-refractivity contribution is 7.87. The fraction of sp³-hybridized carbons (Fsp3) is 0.0833. The lowest BCUT2D eigenvalue weighted by molar-refractivity contribution is -0.137. The molecule has 0 fully saturated rings. The first-order valence-corrected chi connectivity index (χ1v) is 11.6. The van der Waals surface area contributed by atoms with Gasteiger partial charge in [0.15, 0.2) is 5.75 Å². The van der Waals surface area contributed by atoms with Crippen molar-refractivity contribution in [2.45, 2.75) is 18.0 Å². The van der Waals surface area contributed by atoms with Crippen molar-refractivity contribution in [2.75, 3.05) is 5.32 Å². The molecular weight excluding hydrogens is 505 g/mol. The largest absolute Gasteiger partial charge is 0.416 e. The second kappa shape index (κ2) is 10.2. The van der Waals surface area contributed by atoms with Gasteiger partial charge < -0.3 is 9.50 Å². The Hall–Kier alpha value is -3.81. The fourth-order valence-corrected chi connectivity index (χ4v) is 4.05. The summed E-state index contributed by atoms with van der Waals surface area (Å²) in [7, 11) is -4.15. The van der Waals surface area contributed by atoms with Crippen LogP contribution >= 0.6 is 11.6 Å². The molecule has 1 N–H and O–H groups in total. The molecule has 0 aliphatic carbocycles. The predicted molar refractivity (Wildman–Crippen MR) is 124 cm³/mol. The van der Waals surface area contributed by atoms with Crippen molar-refractivity contribution in [3.63, 3.8) is 0 Å². The number of aryl methyl sites for hydroxylation is 1. The number of alkyl halides is 3. The number of hydrogen-bond donors (Lipinski definition) is 1. The van der Waals surface area contributed by atoms with E-state index in [1.807, 2.05) is 0 Å². The Morgan fingerprint density at radius 2 is 1.77 bits per heavy atom. The zero-order valence-corrected chi connectivity index (χ0v) is 19.5. The molecule has 3 aromatic rings. The van der Waals surface area contributed by atoms with Crippen molar-refractivity contribution in [3.05, 3.63) is 94.0 Å². The number of rotatable bonds is 6. The second-order valence-corrected chi connectivity index (χ2v) is 9.20. The van der Waals surface area contributed by atoms with Gasteiger partial charge >= 0.3 is 16.3 Å². The van der Waals surface area contributed by atoms with E-state index >= 15 is 0 Å². The van der Waals surface area contributed by atoms with Gasteiger partial charge in [0.25, 0.3) is 5.91 Å². The van der Waals surface area contributed by atoms with Crippen LogP contribution in [-0.4, -0.2) is 14.3 Å². The number of hydrogen-bond acceptors (Lipinski definition) is 5. The molecule has 3 rings (SSSR count). The predicted octanol–water partition coefficient (Wildman–Crippen LogP) is 5.98. The number of benzene rings is 3. The topological polar surface area (TPSA) is 96.3 Å². The molecular formula is C24H16ClF3N2O4S.